The maximum atomic E-state index is 15.3. The van der Waals surface area contributed by atoms with Gasteiger partial charge in [-0.15, -0.1) is 0 Å². The molecule has 31 heavy (non-hydrogen) atoms. The zero-order valence-corrected chi connectivity index (χ0v) is 18.4. The number of hydrogen-bond donors (Lipinski definition) is 2. The van der Waals surface area contributed by atoms with Crippen LogP contribution in [0.5, 0.6) is 0 Å². The number of anilines is 1. The van der Waals surface area contributed by atoms with E-state index in [1.165, 1.54) is 5.56 Å². The minimum absolute atomic E-state index is 0.277. The van der Waals surface area contributed by atoms with E-state index in [9.17, 15) is 8.42 Å². The lowest BCUT2D eigenvalue weighted by Crippen LogP contribution is -2.09. The third kappa shape index (κ3) is 4.80. The molecular formula is C25H25FN2O2S. The molecule has 2 N–H and O–H groups in total. The van der Waals surface area contributed by atoms with Gasteiger partial charge in [0.25, 0.3) is 0 Å². The molecule has 4 nitrogen and oxygen atoms in total. The van der Waals surface area contributed by atoms with Gasteiger partial charge in [0.2, 0.25) is 10.0 Å². The first-order valence-electron chi connectivity index (χ1n) is 10.3. The fraction of sp³-hybridized carbons (Fsp3) is 0.200. The van der Waals surface area contributed by atoms with E-state index in [0.717, 1.165) is 47.7 Å². The average molecular weight is 437 g/mol. The van der Waals surface area contributed by atoms with Gasteiger partial charge >= 0.3 is 0 Å². The van der Waals surface area contributed by atoms with E-state index in [0.29, 0.717) is 16.8 Å². The van der Waals surface area contributed by atoms with E-state index in [2.05, 4.69) is 28.8 Å². The number of rotatable bonds is 7. The summed E-state index contributed by atoms with van der Waals surface area (Å²) in [5.41, 5.74) is 5.24. The maximum absolute atomic E-state index is 15.3. The molecule has 0 saturated heterocycles. The van der Waals surface area contributed by atoms with Crippen molar-refractivity contribution >= 4 is 26.6 Å². The molecule has 0 radical (unpaired) electrons. The van der Waals surface area contributed by atoms with Gasteiger partial charge in [0.1, 0.15) is 0 Å². The Hall–Kier alpha value is -3.12. The van der Waals surface area contributed by atoms with Crippen LogP contribution in [0.3, 0.4) is 0 Å². The SMILES string of the molecule is CCCCc1ccc(-c2ccc3cc(-c4ccc(NS(C)(=O)=O)cc4)[nH]c3c2F)cc1. The highest BCUT2D eigenvalue weighted by Crippen LogP contribution is 2.32. The number of halogens is 1. The number of benzene rings is 3. The van der Waals surface area contributed by atoms with Crippen LogP contribution in [-0.2, 0) is 16.4 Å². The Balaban J connectivity index is 1.64. The van der Waals surface area contributed by atoms with E-state index in [1.807, 2.05) is 30.3 Å². The van der Waals surface area contributed by atoms with Crippen LogP contribution in [-0.4, -0.2) is 19.7 Å². The lowest BCUT2D eigenvalue weighted by Gasteiger charge is -2.06. The van der Waals surface area contributed by atoms with Crippen LogP contribution in [0.25, 0.3) is 33.3 Å². The predicted octanol–water partition coefficient (Wildman–Crippen LogP) is 6.36. The number of unbranched alkanes of at least 4 members (excludes halogenated alkanes) is 1. The lowest BCUT2D eigenvalue weighted by atomic mass is 10.0. The molecule has 0 bridgehead atoms. The summed E-state index contributed by atoms with van der Waals surface area (Å²) in [7, 11) is -3.33. The third-order valence-electron chi connectivity index (χ3n) is 5.32. The monoisotopic (exact) mass is 436 g/mol. The van der Waals surface area contributed by atoms with Crippen molar-refractivity contribution in [2.75, 3.05) is 11.0 Å². The molecule has 0 fully saturated rings. The summed E-state index contributed by atoms with van der Waals surface area (Å²) in [6, 6.07) is 20.7. The van der Waals surface area contributed by atoms with E-state index in [4.69, 9.17) is 0 Å². The number of fused-ring (bicyclic) bond motifs is 1. The standard InChI is InChI=1S/C25H25FN2O2S/c1-3-4-5-17-6-8-18(9-7-17)22-15-12-20-16-23(27-25(20)24(22)26)19-10-13-21(14-11-19)28-31(2,29)30/h6-16,27-28H,3-5H2,1-2H3. The summed E-state index contributed by atoms with van der Waals surface area (Å²) < 4.78 is 40.5. The third-order valence-corrected chi connectivity index (χ3v) is 5.92. The first-order chi connectivity index (χ1) is 14.8. The number of nitrogens with one attached hydrogen (secondary N) is 2. The Kier molecular flexibility index (Phi) is 5.83. The molecule has 160 valence electrons. The van der Waals surface area contributed by atoms with Gasteiger partial charge in [0.05, 0.1) is 11.8 Å². The molecule has 0 unspecified atom stereocenters. The number of sulfonamides is 1. The number of aromatic amines is 1. The zero-order valence-electron chi connectivity index (χ0n) is 17.6. The Morgan fingerprint density at radius 2 is 1.61 bits per heavy atom. The minimum atomic E-state index is -3.33. The lowest BCUT2D eigenvalue weighted by molar-refractivity contribution is 0.607. The van der Waals surface area contributed by atoms with Crippen LogP contribution in [0.4, 0.5) is 10.1 Å². The maximum Gasteiger partial charge on any atom is 0.229 e. The predicted molar refractivity (Wildman–Crippen MR) is 126 cm³/mol. The van der Waals surface area contributed by atoms with Crippen LogP contribution < -0.4 is 4.72 Å². The smallest absolute Gasteiger partial charge is 0.229 e. The number of aromatic nitrogens is 1. The molecular weight excluding hydrogens is 411 g/mol. The van der Waals surface area contributed by atoms with Gasteiger partial charge in [-0.3, -0.25) is 4.72 Å². The fourth-order valence-corrected chi connectivity index (χ4v) is 4.27. The highest BCUT2D eigenvalue weighted by atomic mass is 32.2. The molecule has 4 aromatic rings. The van der Waals surface area contributed by atoms with Crippen molar-refractivity contribution in [3.05, 3.63) is 78.1 Å². The number of hydrogen-bond acceptors (Lipinski definition) is 2. The van der Waals surface area contributed by atoms with Gasteiger partial charge in [-0.05, 0) is 47.7 Å². The van der Waals surface area contributed by atoms with Crippen molar-refractivity contribution in [1.82, 2.24) is 4.98 Å². The Bertz CT molecular complexity index is 1310. The van der Waals surface area contributed by atoms with E-state index in [-0.39, 0.29) is 5.82 Å². The minimum Gasteiger partial charge on any atom is -0.352 e. The summed E-state index contributed by atoms with van der Waals surface area (Å²) in [4.78, 5) is 3.18. The van der Waals surface area contributed by atoms with Crippen molar-refractivity contribution in [1.29, 1.82) is 0 Å². The van der Waals surface area contributed by atoms with Crippen molar-refractivity contribution in [3.63, 3.8) is 0 Å². The van der Waals surface area contributed by atoms with Crippen molar-refractivity contribution in [3.8, 4) is 22.4 Å². The van der Waals surface area contributed by atoms with Crippen LogP contribution in [0.1, 0.15) is 25.3 Å². The molecule has 3 aromatic carbocycles. The Morgan fingerprint density at radius 3 is 2.26 bits per heavy atom. The van der Waals surface area contributed by atoms with Gasteiger partial charge in [0, 0.05) is 22.3 Å². The average Bonchev–Trinajstić information content (AvgIpc) is 3.18. The highest BCUT2D eigenvalue weighted by Gasteiger charge is 2.13. The summed E-state index contributed by atoms with van der Waals surface area (Å²) in [5.74, 6) is -0.277. The van der Waals surface area contributed by atoms with Crippen LogP contribution in [0.2, 0.25) is 0 Å². The van der Waals surface area contributed by atoms with Gasteiger partial charge in [0.15, 0.2) is 5.82 Å². The largest absolute Gasteiger partial charge is 0.352 e. The number of aryl methyl sites for hydroxylation is 1. The topological polar surface area (TPSA) is 62.0 Å². The summed E-state index contributed by atoms with van der Waals surface area (Å²) >= 11 is 0. The van der Waals surface area contributed by atoms with E-state index in [1.54, 1.807) is 24.3 Å². The van der Waals surface area contributed by atoms with Crippen LogP contribution >= 0.6 is 0 Å². The molecule has 0 aliphatic rings. The van der Waals surface area contributed by atoms with Crippen molar-refractivity contribution in [2.45, 2.75) is 26.2 Å². The molecule has 0 atom stereocenters. The molecule has 0 aliphatic heterocycles. The van der Waals surface area contributed by atoms with Gasteiger partial charge in [-0.2, -0.15) is 0 Å². The molecule has 0 saturated carbocycles. The summed E-state index contributed by atoms with van der Waals surface area (Å²) in [6.45, 7) is 2.17. The van der Waals surface area contributed by atoms with Crippen molar-refractivity contribution in [2.24, 2.45) is 0 Å². The first kappa shape index (κ1) is 21.1. The molecule has 6 heteroatoms. The summed E-state index contributed by atoms with van der Waals surface area (Å²) in [6.07, 6.45) is 4.45. The normalized spacial score (nSPS) is 11.7. The second-order valence-electron chi connectivity index (χ2n) is 7.83. The number of H-pyrrole nitrogens is 1. The molecule has 4 rings (SSSR count). The van der Waals surface area contributed by atoms with E-state index >= 15 is 4.39 Å². The molecule has 0 aliphatic carbocycles. The Labute approximate surface area is 182 Å². The molecule has 0 spiro atoms. The second-order valence-corrected chi connectivity index (χ2v) is 9.57. The van der Waals surface area contributed by atoms with Gasteiger partial charge < -0.3 is 4.98 Å². The second kappa shape index (κ2) is 8.55. The van der Waals surface area contributed by atoms with Crippen LogP contribution in [0, 0.1) is 5.82 Å². The fourth-order valence-electron chi connectivity index (χ4n) is 3.71. The first-order valence-corrected chi connectivity index (χ1v) is 12.2. The molecule has 0 amide bonds. The summed E-state index contributed by atoms with van der Waals surface area (Å²) in [5, 5.41) is 0.786. The van der Waals surface area contributed by atoms with Gasteiger partial charge in [-0.25, -0.2) is 12.8 Å². The van der Waals surface area contributed by atoms with Crippen LogP contribution in [0.15, 0.2) is 66.7 Å². The highest BCUT2D eigenvalue weighted by molar-refractivity contribution is 7.92. The Morgan fingerprint density at radius 1 is 0.935 bits per heavy atom. The van der Waals surface area contributed by atoms with Gasteiger partial charge in [-0.1, -0.05) is 61.9 Å². The molecule has 1 aromatic heterocycles. The quantitative estimate of drug-likeness (QED) is 0.354. The van der Waals surface area contributed by atoms with E-state index < -0.39 is 10.0 Å². The zero-order chi connectivity index (χ0) is 22.0. The molecule has 1 heterocycles. The van der Waals surface area contributed by atoms with Crippen molar-refractivity contribution < 1.29 is 12.8 Å².